The molecule has 0 N–H and O–H groups in total. The van der Waals surface area contributed by atoms with E-state index in [9.17, 15) is 9.59 Å². The Morgan fingerprint density at radius 1 is 1.20 bits per heavy atom. The second-order valence-corrected chi connectivity index (χ2v) is 6.78. The lowest BCUT2D eigenvalue weighted by molar-refractivity contribution is -0.138. The van der Waals surface area contributed by atoms with Crippen molar-refractivity contribution in [1.29, 1.82) is 0 Å². The van der Waals surface area contributed by atoms with Gasteiger partial charge < -0.3 is 9.80 Å². The molecule has 0 aromatic carbocycles. The number of likely N-dealkylation sites (tertiary alicyclic amines) is 2. The Morgan fingerprint density at radius 2 is 1.85 bits per heavy atom. The molecule has 114 valence electrons. The normalized spacial score (nSPS) is 30.9. The summed E-state index contributed by atoms with van der Waals surface area (Å²) in [6.45, 7) is 9.72. The van der Waals surface area contributed by atoms with Crippen LogP contribution in [0.3, 0.4) is 0 Å². The summed E-state index contributed by atoms with van der Waals surface area (Å²) < 4.78 is 0. The van der Waals surface area contributed by atoms with Crippen LogP contribution in [-0.2, 0) is 9.59 Å². The molecular weight excluding hydrogens is 252 g/mol. The van der Waals surface area contributed by atoms with Gasteiger partial charge in [0.05, 0.1) is 5.92 Å². The van der Waals surface area contributed by atoms with Crippen molar-refractivity contribution in [3.8, 4) is 0 Å². The summed E-state index contributed by atoms with van der Waals surface area (Å²) in [6, 6.07) is 0. The van der Waals surface area contributed by atoms with E-state index in [0.29, 0.717) is 24.8 Å². The Labute approximate surface area is 122 Å². The van der Waals surface area contributed by atoms with Crippen molar-refractivity contribution in [2.24, 2.45) is 17.8 Å². The van der Waals surface area contributed by atoms with Crippen molar-refractivity contribution in [2.75, 3.05) is 26.2 Å². The zero-order valence-corrected chi connectivity index (χ0v) is 13.1. The van der Waals surface area contributed by atoms with E-state index in [2.05, 4.69) is 20.8 Å². The molecule has 3 atom stereocenters. The van der Waals surface area contributed by atoms with E-state index in [1.54, 1.807) is 0 Å². The predicted molar refractivity (Wildman–Crippen MR) is 79.1 cm³/mol. The van der Waals surface area contributed by atoms with Crippen LogP contribution in [0.5, 0.6) is 0 Å². The molecule has 2 heterocycles. The maximum Gasteiger partial charge on any atom is 0.228 e. The first-order valence-electron chi connectivity index (χ1n) is 8.07. The highest BCUT2D eigenvalue weighted by Gasteiger charge is 2.37. The summed E-state index contributed by atoms with van der Waals surface area (Å²) in [6.07, 6.45) is 3.74. The van der Waals surface area contributed by atoms with Gasteiger partial charge in [0.1, 0.15) is 0 Å². The number of rotatable bonds is 4. The first-order chi connectivity index (χ1) is 9.51. The van der Waals surface area contributed by atoms with Crippen LogP contribution in [0.4, 0.5) is 0 Å². The third kappa shape index (κ3) is 3.53. The molecule has 20 heavy (non-hydrogen) atoms. The van der Waals surface area contributed by atoms with Gasteiger partial charge in [0.15, 0.2) is 0 Å². The average molecular weight is 280 g/mol. The van der Waals surface area contributed by atoms with Gasteiger partial charge in [-0.3, -0.25) is 9.59 Å². The molecule has 0 aromatic rings. The maximum absolute atomic E-state index is 12.6. The topological polar surface area (TPSA) is 40.6 Å². The van der Waals surface area contributed by atoms with E-state index in [1.165, 1.54) is 6.42 Å². The number of nitrogens with zero attached hydrogens (tertiary/aromatic N) is 2. The molecule has 4 heteroatoms. The van der Waals surface area contributed by atoms with E-state index >= 15 is 0 Å². The average Bonchev–Trinajstić information content (AvgIpc) is 2.75. The van der Waals surface area contributed by atoms with Crippen LogP contribution < -0.4 is 0 Å². The maximum atomic E-state index is 12.6. The summed E-state index contributed by atoms with van der Waals surface area (Å²) in [5.41, 5.74) is 0. The number of hydrogen-bond acceptors (Lipinski definition) is 2. The second-order valence-electron chi connectivity index (χ2n) is 6.78. The third-order valence-corrected chi connectivity index (χ3v) is 4.53. The van der Waals surface area contributed by atoms with Crippen LogP contribution in [-0.4, -0.2) is 47.8 Å². The van der Waals surface area contributed by atoms with Crippen molar-refractivity contribution in [1.82, 2.24) is 9.80 Å². The van der Waals surface area contributed by atoms with Crippen molar-refractivity contribution < 1.29 is 9.59 Å². The molecule has 2 aliphatic rings. The predicted octanol–water partition coefficient (Wildman–Crippen LogP) is 2.14. The summed E-state index contributed by atoms with van der Waals surface area (Å²) in [4.78, 5) is 28.4. The fourth-order valence-corrected chi connectivity index (χ4v) is 3.60. The molecule has 2 rings (SSSR count). The Kier molecular flexibility index (Phi) is 5.06. The highest BCUT2D eigenvalue weighted by Crippen LogP contribution is 2.26. The van der Waals surface area contributed by atoms with Crippen molar-refractivity contribution in [3.05, 3.63) is 0 Å². The van der Waals surface area contributed by atoms with Gasteiger partial charge in [-0.25, -0.2) is 0 Å². The molecule has 0 spiro atoms. The molecule has 0 bridgehead atoms. The zero-order chi connectivity index (χ0) is 14.7. The quantitative estimate of drug-likeness (QED) is 0.791. The lowest BCUT2D eigenvalue weighted by atomic mass is 9.91. The van der Waals surface area contributed by atoms with Gasteiger partial charge in [0.2, 0.25) is 11.8 Å². The van der Waals surface area contributed by atoms with Gasteiger partial charge in [-0.1, -0.05) is 27.2 Å². The first kappa shape index (κ1) is 15.3. The Morgan fingerprint density at radius 3 is 2.45 bits per heavy atom. The van der Waals surface area contributed by atoms with Crippen LogP contribution in [0.15, 0.2) is 0 Å². The number of carbonyl (C=O) groups is 2. The molecule has 0 unspecified atom stereocenters. The van der Waals surface area contributed by atoms with Crippen molar-refractivity contribution in [3.63, 3.8) is 0 Å². The van der Waals surface area contributed by atoms with Gasteiger partial charge in [-0.05, 0) is 24.7 Å². The van der Waals surface area contributed by atoms with Crippen LogP contribution in [0.1, 0.15) is 46.5 Å². The highest BCUT2D eigenvalue weighted by atomic mass is 16.2. The zero-order valence-electron chi connectivity index (χ0n) is 13.1. The van der Waals surface area contributed by atoms with Crippen LogP contribution in [0.25, 0.3) is 0 Å². The van der Waals surface area contributed by atoms with Crippen LogP contribution in [0.2, 0.25) is 0 Å². The van der Waals surface area contributed by atoms with Crippen molar-refractivity contribution in [2.45, 2.75) is 46.5 Å². The van der Waals surface area contributed by atoms with E-state index in [-0.39, 0.29) is 17.7 Å². The summed E-state index contributed by atoms with van der Waals surface area (Å²) in [7, 11) is 0. The minimum atomic E-state index is -0.100. The monoisotopic (exact) mass is 280 g/mol. The lowest BCUT2D eigenvalue weighted by Crippen LogP contribution is -2.45. The van der Waals surface area contributed by atoms with Gasteiger partial charge in [0, 0.05) is 32.6 Å². The lowest BCUT2D eigenvalue weighted by Gasteiger charge is -2.36. The summed E-state index contributed by atoms with van der Waals surface area (Å²) in [5, 5.41) is 0. The SMILES string of the molecule is CCCCN1C[C@H](C(=O)N2C[C@H](C)C[C@H](C)C2)CC1=O. The van der Waals surface area contributed by atoms with Gasteiger partial charge in [-0.2, -0.15) is 0 Å². The molecule has 2 amide bonds. The number of amides is 2. The highest BCUT2D eigenvalue weighted by molar-refractivity contribution is 5.89. The molecule has 0 aromatic heterocycles. The van der Waals surface area contributed by atoms with E-state index < -0.39 is 0 Å². The molecule has 4 nitrogen and oxygen atoms in total. The fraction of sp³-hybridized carbons (Fsp3) is 0.875. The van der Waals surface area contributed by atoms with Crippen LogP contribution in [0, 0.1) is 17.8 Å². The van der Waals surface area contributed by atoms with E-state index in [1.807, 2.05) is 9.80 Å². The van der Waals surface area contributed by atoms with Gasteiger partial charge >= 0.3 is 0 Å². The molecule has 2 aliphatic heterocycles. The molecule has 0 radical (unpaired) electrons. The fourth-order valence-electron chi connectivity index (χ4n) is 3.60. The van der Waals surface area contributed by atoms with E-state index in [4.69, 9.17) is 0 Å². The van der Waals surface area contributed by atoms with Crippen LogP contribution >= 0.6 is 0 Å². The molecule has 0 aliphatic carbocycles. The number of piperidine rings is 1. The number of unbranched alkanes of at least 4 members (excludes halogenated alkanes) is 1. The largest absolute Gasteiger partial charge is 0.342 e. The van der Waals surface area contributed by atoms with E-state index in [0.717, 1.165) is 32.5 Å². The smallest absolute Gasteiger partial charge is 0.228 e. The molecular formula is C16H28N2O2. The number of hydrogen-bond donors (Lipinski definition) is 0. The molecule has 0 saturated carbocycles. The summed E-state index contributed by atoms with van der Waals surface area (Å²) >= 11 is 0. The first-order valence-corrected chi connectivity index (χ1v) is 8.07. The second kappa shape index (κ2) is 6.59. The minimum absolute atomic E-state index is 0.100. The minimum Gasteiger partial charge on any atom is -0.342 e. The molecule has 2 saturated heterocycles. The Bertz CT molecular complexity index is 359. The third-order valence-electron chi connectivity index (χ3n) is 4.53. The van der Waals surface area contributed by atoms with Crippen molar-refractivity contribution >= 4 is 11.8 Å². The number of carbonyl (C=O) groups excluding carboxylic acids is 2. The standard InChI is InChI=1S/C16H28N2O2/c1-4-5-6-17-11-14(8-15(17)19)16(20)18-9-12(2)7-13(3)10-18/h12-14H,4-11H2,1-3H3/t12-,13+,14-/m1/s1. The van der Waals surface area contributed by atoms with Gasteiger partial charge in [-0.15, -0.1) is 0 Å². The summed E-state index contributed by atoms with van der Waals surface area (Å²) in [5.74, 6) is 1.43. The Hall–Kier alpha value is -1.06. The molecule has 2 fully saturated rings. The van der Waals surface area contributed by atoms with Gasteiger partial charge in [0.25, 0.3) is 0 Å². The Balaban J connectivity index is 1.91.